The van der Waals surface area contributed by atoms with Gasteiger partial charge in [-0.15, -0.1) is 0 Å². The summed E-state index contributed by atoms with van der Waals surface area (Å²) in [5.74, 6) is 0.641. The molecule has 0 spiro atoms. The van der Waals surface area contributed by atoms with Gasteiger partial charge in [-0.2, -0.15) is 0 Å². The summed E-state index contributed by atoms with van der Waals surface area (Å²) in [6.07, 6.45) is -0.625. The molecule has 0 saturated carbocycles. The van der Waals surface area contributed by atoms with Crippen LogP contribution in [0.4, 0.5) is 0 Å². The van der Waals surface area contributed by atoms with Gasteiger partial charge in [-0.1, -0.05) is 6.07 Å². The van der Waals surface area contributed by atoms with Gasteiger partial charge in [0.05, 0.1) is 33.5 Å². The molecule has 3 rings (SSSR count). The normalized spacial score (nSPS) is 17.9. The molecule has 31 heavy (non-hydrogen) atoms. The molecule has 1 amide bonds. The predicted molar refractivity (Wildman–Crippen MR) is 111 cm³/mol. The molecule has 10 heteroatoms. The Kier molecular flexibility index (Phi) is 8.59. The number of H-pyrrole nitrogens is 1. The van der Waals surface area contributed by atoms with Gasteiger partial charge in [-0.25, -0.2) is 0 Å². The molecule has 3 N–H and O–H groups in total. The highest BCUT2D eigenvalue weighted by molar-refractivity contribution is 5.94. The van der Waals surface area contributed by atoms with Gasteiger partial charge >= 0.3 is 0 Å². The third-order valence-corrected chi connectivity index (χ3v) is 4.83. The summed E-state index contributed by atoms with van der Waals surface area (Å²) in [5.41, 5.74) is 0.999. The van der Waals surface area contributed by atoms with Crippen LogP contribution >= 0.6 is 0 Å². The van der Waals surface area contributed by atoms with Crippen LogP contribution in [0.2, 0.25) is 0 Å². The average molecular weight is 434 g/mol. The lowest BCUT2D eigenvalue weighted by molar-refractivity contribution is -0.122. The Morgan fingerprint density at radius 2 is 1.94 bits per heavy atom. The summed E-state index contributed by atoms with van der Waals surface area (Å²) in [4.78, 5) is 38.0. The Morgan fingerprint density at radius 1 is 1.26 bits per heavy atom. The van der Waals surface area contributed by atoms with Gasteiger partial charge in [-0.05, 0) is 36.8 Å². The second-order valence-electron chi connectivity index (χ2n) is 6.64. The second-order valence-corrected chi connectivity index (χ2v) is 6.64. The van der Waals surface area contributed by atoms with E-state index in [-0.39, 0.29) is 25.2 Å². The maximum absolute atomic E-state index is 13.2. The zero-order valence-corrected chi connectivity index (χ0v) is 17.5. The zero-order valence-electron chi connectivity index (χ0n) is 17.5. The van der Waals surface area contributed by atoms with E-state index in [1.165, 1.54) is 20.3 Å². The number of aromatic amines is 1. The van der Waals surface area contributed by atoms with Crippen molar-refractivity contribution >= 4 is 12.4 Å². The van der Waals surface area contributed by atoms with Gasteiger partial charge in [0.2, 0.25) is 0 Å². The number of aliphatic hydroxyl groups is 1. The van der Waals surface area contributed by atoms with Crippen LogP contribution < -0.4 is 15.0 Å². The van der Waals surface area contributed by atoms with Crippen molar-refractivity contribution in [3.8, 4) is 11.5 Å². The van der Waals surface area contributed by atoms with Crippen LogP contribution in [0.15, 0.2) is 35.1 Å². The quantitative estimate of drug-likeness (QED) is 0.592. The van der Waals surface area contributed by atoms with E-state index < -0.39 is 23.6 Å². The van der Waals surface area contributed by atoms with Crippen LogP contribution in [0.1, 0.15) is 27.7 Å². The van der Waals surface area contributed by atoms with Crippen LogP contribution in [0.25, 0.3) is 0 Å². The van der Waals surface area contributed by atoms with Crippen LogP contribution in [0.3, 0.4) is 0 Å². The van der Waals surface area contributed by atoms with Crippen molar-refractivity contribution in [2.45, 2.75) is 19.1 Å². The summed E-state index contributed by atoms with van der Waals surface area (Å²) in [6.45, 7) is 1.79. The number of benzene rings is 1. The van der Waals surface area contributed by atoms with Crippen molar-refractivity contribution in [2.24, 2.45) is 0 Å². The minimum atomic E-state index is -0.625. The number of amides is 1. The molecule has 1 saturated heterocycles. The van der Waals surface area contributed by atoms with Gasteiger partial charge in [0, 0.05) is 12.2 Å². The van der Waals surface area contributed by atoms with Gasteiger partial charge in [0.25, 0.3) is 17.9 Å². The zero-order chi connectivity index (χ0) is 23.0. The molecule has 1 aliphatic rings. The number of rotatable bonds is 5. The fraction of sp³-hybridized carbons (Fsp3) is 0.381. The number of aliphatic hydroxyl groups excluding tert-OH is 1. The molecule has 1 aromatic heterocycles. The van der Waals surface area contributed by atoms with Gasteiger partial charge in [0.15, 0.2) is 11.5 Å². The number of nitrogens with one attached hydrogen (secondary N) is 1. The number of aromatic nitrogens is 1. The van der Waals surface area contributed by atoms with E-state index in [1.54, 1.807) is 36.1 Å². The van der Waals surface area contributed by atoms with Crippen molar-refractivity contribution in [1.29, 1.82) is 0 Å². The first kappa shape index (κ1) is 23.9. The molecule has 1 aliphatic heterocycles. The Balaban J connectivity index is 0.00000107. The highest BCUT2D eigenvalue weighted by Gasteiger charge is 2.37. The lowest BCUT2D eigenvalue weighted by Crippen LogP contribution is -2.50. The van der Waals surface area contributed by atoms with E-state index in [4.69, 9.17) is 24.1 Å². The van der Waals surface area contributed by atoms with Crippen molar-refractivity contribution in [2.75, 3.05) is 34.0 Å². The number of carbonyl (C=O) groups excluding carboxylic acids is 1. The molecule has 2 heterocycles. The predicted octanol–water partition coefficient (Wildman–Crippen LogP) is 0.976. The molecule has 1 fully saturated rings. The van der Waals surface area contributed by atoms with Crippen LogP contribution in [-0.2, 0) is 9.53 Å². The van der Waals surface area contributed by atoms with Crippen molar-refractivity contribution in [3.63, 3.8) is 0 Å². The fourth-order valence-electron chi connectivity index (χ4n) is 3.44. The highest BCUT2D eigenvalue weighted by Crippen LogP contribution is 2.36. The van der Waals surface area contributed by atoms with Crippen molar-refractivity contribution in [1.82, 2.24) is 9.88 Å². The van der Waals surface area contributed by atoms with E-state index in [9.17, 15) is 14.7 Å². The monoisotopic (exact) mass is 434 g/mol. The molecular formula is C21H26N2O8. The van der Waals surface area contributed by atoms with Gasteiger partial charge < -0.3 is 34.3 Å². The molecule has 0 radical (unpaired) electrons. The summed E-state index contributed by atoms with van der Waals surface area (Å²) in [6, 6.07) is 7.91. The molecule has 0 unspecified atom stereocenters. The third kappa shape index (κ3) is 5.41. The number of morpholine rings is 1. The average Bonchev–Trinajstić information content (AvgIpc) is 2.78. The third-order valence-electron chi connectivity index (χ3n) is 4.83. The van der Waals surface area contributed by atoms with E-state index in [0.717, 1.165) is 0 Å². The molecule has 2 atom stereocenters. The number of carbonyl (C=O) groups is 2. The Morgan fingerprint density at radius 3 is 2.52 bits per heavy atom. The summed E-state index contributed by atoms with van der Waals surface area (Å²) < 4.78 is 16.3. The SMILES string of the molecule is COc1ccc([C@H]2[C@H](CO)OCCN2C(=O)c2ccc(C)[nH]c2=O)cc1OC.O=CO. The van der Waals surface area contributed by atoms with Crippen LogP contribution in [-0.4, -0.2) is 72.6 Å². The van der Waals surface area contributed by atoms with E-state index >= 15 is 0 Å². The minimum absolute atomic E-state index is 0.0506. The molecule has 1 aromatic carbocycles. The molecule has 2 aromatic rings. The number of methoxy groups -OCH3 is 2. The molecule has 10 nitrogen and oxygen atoms in total. The van der Waals surface area contributed by atoms with Crippen molar-refractivity contribution in [3.05, 3.63) is 57.5 Å². The summed E-state index contributed by atoms with van der Waals surface area (Å²) in [5, 5.41) is 16.7. The largest absolute Gasteiger partial charge is 0.493 e. The Bertz CT molecular complexity index is 959. The molecule has 0 aliphatic carbocycles. The first-order valence-corrected chi connectivity index (χ1v) is 9.44. The maximum Gasteiger partial charge on any atom is 0.290 e. The number of hydrogen-bond donors (Lipinski definition) is 3. The van der Waals surface area contributed by atoms with E-state index in [1.807, 2.05) is 0 Å². The van der Waals surface area contributed by atoms with E-state index in [0.29, 0.717) is 29.3 Å². The Labute approximate surface area is 179 Å². The van der Waals surface area contributed by atoms with Crippen LogP contribution in [0, 0.1) is 6.92 Å². The maximum atomic E-state index is 13.2. The summed E-state index contributed by atoms with van der Waals surface area (Å²) >= 11 is 0. The fourth-order valence-corrected chi connectivity index (χ4v) is 3.44. The smallest absolute Gasteiger partial charge is 0.290 e. The van der Waals surface area contributed by atoms with Gasteiger partial charge in [0.1, 0.15) is 11.7 Å². The number of hydrogen-bond acceptors (Lipinski definition) is 7. The minimum Gasteiger partial charge on any atom is -0.493 e. The molecular weight excluding hydrogens is 408 g/mol. The topological polar surface area (TPSA) is 138 Å². The number of pyridine rings is 1. The lowest BCUT2D eigenvalue weighted by atomic mass is 9.97. The number of ether oxygens (including phenoxy) is 3. The van der Waals surface area contributed by atoms with E-state index in [2.05, 4.69) is 4.98 Å². The molecule has 168 valence electrons. The highest BCUT2D eigenvalue weighted by atomic mass is 16.5. The first-order chi connectivity index (χ1) is 14.9. The second kappa shape index (κ2) is 11.1. The summed E-state index contributed by atoms with van der Waals surface area (Å²) in [7, 11) is 3.06. The standard InChI is InChI=1S/C20H24N2O6.CH2O2/c1-12-4-6-14(19(24)21-12)20(25)22-8-9-28-17(11-23)18(22)13-5-7-15(26-2)16(10-13)27-3;2-1-3/h4-7,10,17-18,23H,8-9,11H2,1-3H3,(H,21,24);1H,(H,2,3)/t17-,18-;/m0./s1. The molecule has 0 bridgehead atoms. The van der Waals surface area contributed by atoms with Gasteiger partial charge in [-0.3, -0.25) is 14.4 Å². The van der Waals surface area contributed by atoms with Crippen LogP contribution in [0.5, 0.6) is 11.5 Å². The lowest BCUT2D eigenvalue weighted by Gasteiger charge is -2.41. The van der Waals surface area contributed by atoms with Crippen molar-refractivity contribution < 1.29 is 34.0 Å². The Hall–Kier alpha value is -3.37. The number of carboxylic acid groups (broad SMARTS) is 1. The number of aryl methyl sites for hydroxylation is 1. The number of nitrogens with zero attached hydrogens (tertiary/aromatic N) is 1. The first-order valence-electron chi connectivity index (χ1n) is 9.44.